The van der Waals surface area contributed by atoms with Crippen LogP contribution in [0.25, 0.3) is 0 Å². The van der Waals surface area contributed by atoms with Crippen molar-refractivity contribution < 1.29 is 34.2 Å². The SMILES string of the molecule is CSCCC(NC(=O)C(CCC(N)=O)NC(=O)C(NC(=O)C(N)CS)C(C)O)C(=O)O. The zero-order valence-corrected chi connectivity index (χ0v) is 19.1. The fraction of sp³-hybridized carbons (Fsp3) is 0.706. The highest BCUT2D eigenvalue weighted by atomic mass is 32.2. The van der Waals surface area contributed by atoms with E-state index in [1.54, 1.807) is 6.26 Å². The highest BCUT2D eigenvalue weighted by molar-refractivity contribution is 7.98. The van der Waals surface area contributed by atoms with E-state index >= 15 is 0 Å². The lowest BCUT2D eigenvalue weighted by Crippen LogP contribution is -2.60. The summed E-state index contributed by atoms with van der Waals surface area (Å²) < 4.78 is 0. The van der Waals surface area contributed by atoms with Gasteiger partial charge in [-0.3, -0.25) is 19.2 Å². The second-order valence-electron chi connectivity index (χ2n) is 6.76. The summed E-state index contributed by atoms with van der Waals surface area (Å²) >= 11 is 5.28. The van der Waals surface area contributed by atoms with Crippen molar-refractivity contribution in [3.8, 4) is 0 Å². The normalized spacial score (nSPS) is 15.6. The summed E-state index contributed by atoms with van der Waals surface area (Å²) in [7, 11) is 0. The van der Waals surface area contributed by atoms with E-state index in [4.69, 9.17) is 11.5 Å². The van der Waals surface area contributed by atoms with Crippen molar-refractivity contribution in [3.63, 3.8) is 0 Å². The van der Waals surface area contributed by atoms with Crippen LogP contribution in [0.15, 0.2) is 0 Å². The number of carbonyl (C=O) groups is 5. The van der Waals surface area contributed by atoms with Gasteiger partial charge in [-0.25, -0.2) is 4.79 Å². The standard InChI is InChI=1S/C17H31N5O7S2/c1-8(23)13(22-14(25)9(18)7-30)16(27)20-10(3-4-12(19)24)15(26)21-11(17(28)29)5-6-31-2/h8-11,13,23,30H,3-7,18H2,1-2H3,(H2,19,24)(H,20,27)(H,21,26)(H,22,25)(H,28,29). The van der Waals surface area contributed by atoms with Gasteiger partial charge in [0.2, 0.25) is 23.6 Å². The first-order chi connectivity index (χ1) is 14.4. The Morgan fingerprint density at radius 1 is 1.00 bits per heavy atom. The number of hydrogen-bond donors (Lipinski definition) is 8. The third-order valence-electron chi connectivity index (χ3n) is 4.13. The molecule has 0 rings (SSSR count). The van der Waals surface area contributed by atoms with E-state index in [0.29, 0.717) is 5.75 Å². The molecule has 4 amide bonds. The number of rotatable bonds is 15. The molecule has 0 aliphatic rings. The number of thiol groups is 1. The third-order valence-corrected chi connectivity index (χ3v) is 5.17. The van der Waals surface area contributed by atoms with Crippen LogP contribution >= 0.6 is 24.4 Å². The van der Waals surface area contributed by atoms with Gasteiger partial charge in [0.1, 0.15) is 18.1 Å². The van der Waals surface area contributed by atoms with Crippen LogP contribution in [0.2, 0.25) is 0 Å². The highest BCUT2D eigenvalue weighted by Crippen LogP contribution is 2.05. The number of primary amides is 1. The number of nitrogens with two attached hydrogens (primary N) is 2. The van der Waals surface area contributed by atoms with Gasteiger partial charge >= 0.3 is 5.97 Å². The first-order valence-electron chi connectivity index (χ1n) is 9.40. The van der Waals surface area contributed by atoms with Gasteiger partial charge < -0.3 is 37.6 Å². The van der Waals surface area contributed by atoms with Gasteiger partial charge in [-0.15, -0.1) is 0 Å². The Balaban J connectivity index is 5.43. The molecule has 0 fully saturated rings. The number of amides is 4. The molecule has 0 radical (unpaired) electrons. The topological polar surface area (TPSA) is 214 Å². The summed E-state index contributed by atoms with van der Waals surface area (Å²) in [6.45, 7) is 1.25. The first kappa shape index (κ1) is 29.0. The maximum atomic E-state index is 12.6. The maximum Gasteiger partial charge on any atom is 0.326 e. The molecule has 0 saturated heterocycles. The van der Waals surface area contributed by atoms with Gasteiger partial charge in [-0.2, -0.15) is 24.4 Å². The van der Waals surface area contributed by atoms with E-state index in [9.17, 15) is 34.2 Å². The minimum atomic E-state index is -1.45. The molecule has 0 spiro atoms. The number of thioether (sulfide) groups is 1. The van der Waals surface area contributed by atoms with Crippen molar-refractivity contribution in [3.05, 3.63) is 0 Å². The van der Waals surface area contributed by atoms with Crippen LogP contribution in [-0.4, -0.2) is 87.8 Å². The molecule has 0 aromatic rings. The maximum absolute atomic E-state index is 12.6. The fourth-order valence-electron chi connectivity index (χ4n) is 2.33. The van der Waals surface area contributed by atoms with Gasteiger partial charge in [-0.1, -0.05) is 0 Å². The van der Waals surface area contributed by atoms with E-state index in [0.717, 1.165) is 0 Å². The lowest BCUT2D eigenvalue weighted by atomic mass is 10.1. The fourth-order valence-corrected chi connectivity index (χ4v) is 2.97. The number of aliphatic hydroxyl groups is 1. The average molecular weight is 482 g/mol. The third kappa shape index (κ3) is 11.2. The van der Waals surface area contributed by atoms with E-state index in [-0.39, 0.29) is 25.0 Å². The predicted octanol–water partition coefficient (Wildman–Crippen LogP) is -2.82. The summed E-state index contributed by atoms with van der Waals surface area (Å²) in [6.07, 6.45) is 0.104. The zero-order valence-electron chi connectivity index (χ0n) is 17.4. The first-order valence-corrected chi connectivity index (χ1v) is 11.4. The molecule has 0 saturated carbocycles. The summed E-state index contributed by atoms with van der Waals surface area (Å²) in [5, 5.41) is 26.1. The van der Waals surface area contributed by atoms with Crippen molar-refractivity contribution in [2.24, 2.45) is 11.5 Å². The summed E-state index contributed by atoms with van der Waals surface area (Å²) in [4.78, 5) is 59.7. The lowest BCUT2D eigenvalue weighted by Gasteiger charge is -2.26. The van der Waals surface area contributed by atoms with Crippen LogP contribution in [0.3, 0.4) is 0 Å². The quantitative estimate of drug-likeness (QED) is 0.113. The molecule has 0 bridgehead atoms. The minimum Gasteiger partial charge on any atom is -0.480 e. The largest absolute Gasteiger partial charge is 0.480 e. The van der Waals surface area contributed by atoms with Gasteiger partial charge in [0.05, 0.1) is 12.1 Å². The molecule has 0 aliphatic carbocycles. The lowest BCUT2D eigenvalue weighted by molar-refractivity contribution is -0.142. The summed E-state index contributed by atoms with van der Waals surface area (Å²) in [5.41, 5.74) is 10.7. The van der Waals surface area contributed by atoms with E-state index in [1.807, 2.05) is 0 Å². The van der Waals surface area contributed by atoms with Crippen molar-refractivity contribution in [2.45, 2.75) is 56.5 Å². The monoisotopic (exact) mass is 481 g/mol. The number of aliphatic hydroxyl groups excluding tert-OH is 1. The molecule has 0 aromatic heterocycles. The molecule has 12 nitrogen and oxygen atoms in total. The van der Waals surface area contributed by atoms with Gasteiger partial charge in [0, 0.05) is 12.2 Å². The predicted molar refractivity (Wildman–Crippen MR) is 118 cm³/mol. The number of carboxylic acids is 1. The van der Waals surface area contributed by atoms with Crippen LogP contribution < -0.4 is 27.4 Å². The van der Waals surface area contributed by atoms with Gasteiger partial charge in [0.15, 0.2) is 0 Å². The Morgan fingerprint density at radius 2 is 1.58 bits per heavy atom. The number of carboxylic acid groups (broad SMARTS) is 1. The second-order valence-corrected chi connectivity index (χ2v) is 8.11. The molecule has 178 valence electrons. The molecule has 9 N–H and O–H groups in total. The van der Waals surface area contributed by atoms with E-state index in [2.05, 4.69) is 28.6 Å². The van der Waals surface area contributed by atoms with Crippen LogP contribution in [0.4, 0.5) is 0 Å². The minimum absolute atomic E-state index is 0.00372. The molecule has 0 aromatic carbocycles. The molecule has 0 aliphatic heterocycles. The molecule has 5 atom stereocenters. The van der Waals surface area contributed by atoms with E-state index < -0.39 is 59.9 Å². The van der Waals surface area contributed by atoms with Gasteiger partial charge in [-0.05, 0) is 31.8 Å². The second kappa shape index (κ2) is 14.9. The molecule has 31 heavy (non-hydrogen) atoms. The van der Waals surface area contributed by atoms with Crippen LogP contribution in [0.5, 0.6) is 0 Å². The average Bonchev–Trinajstić information content (AvgIpc) is 2.70. The number of aliphatic carboxylic acids is 1. The molecular formula is C17H31N5O7S2. The van der Waals surface area contributed by atoms with Crippen LogP contribution in [-0.2, 0) is 24.0 Å². The number of nitrogens with one attached hydrogen (secondary N) is 3. The van der Waals surface area contributed by atoms with Gasteiger partial charge in [0.25, 0.3) is 0 Å². The number of hydrogen-bond acceptors (Lipinski definition) is 9. The summed E-state index contributed by atoms with van der Waals surface area (Å²) in [6, 6.07) is -5.01. The Hall–Kier alpha value is -2.03. The number of carbonyl (C=O) groups excluding carboxylic acids is 4. The zero-order chi connectivity index (χ0) is 24.1. The van der Waals surface area contributed by atoms with E-state index in [1.165, 1.54) is 18.7 Å². The Bertz CT molecular complexity index is 650. The van der Waals surface area contributed by atoms with Crippen molar-refractivity contribution in [2.75, 3.05) is 17.8 Å². The molecule has 14 heteroatoms. The highest BCUT2D eigenvalue weighted by Gasteiger charge is 2.32. The molecule has 0 heterocycles. The van der Waals surface area contributed by atoms with Crippen LogP contribution in [0, 0.1) is 0 Å². The Labute approximate surface area is 190 Å². The Morgan fingerprint density at radius 3 is 2.03 bits per heavy atom. The van der Waals surface area contributed by atoms with Crippen molar-refractivity contribution in [1.29, 1.82) is 0 Å². The smallest absolute Gasteiger partial charge is 0.326 e. The summed E-state index contributed by atoms with van der Waals surface area (Å²) in [5.74, 6) is -4.02. The van der Waals surface area contributed by atoms with Crippen molar-refractivity contribution in [1.82, 2.24) is 16.0 Å². The molecular weight excluding hydrogens is 450 g/mol. The Kier molecular flexibility index (Phi) is 13.9. The van der Waals surface area contributed by atoms with Crippen LogP contribution in [0.1, 0.15) is 26.2 Å². The van der Waals surface area contributed by atoms with Crippen molar-refractivity contribution >= 4 is 54.0 Å². The molecule has 5 unspecified atom stereocenters.